The molecule has 0 aliphatic heterocycles. The molecular formula is C51H30N4O. The largest absolute Gasteiger partial charge is 0.455 e. The van der Waals surface area contributed by atoms with E-state index in [1.165, 1.54) is 5.39 Å². The van der Waals surface area contributed by atoms with Crippen molar-refractivity contribution in [1.29, 1.82) is 0 Å². The van der Waals surface area contributed by atoms with Crippen molar-refractivity contribution in [2.45, 2.75) is 0 Å². The molecule has 0 amide bonds. The van der Waals surface area contributed by atoms with E-state index in [1.54, 1.807) is 0 Å². The molecule has 0 N–H and O–H groups in total. The van der Waals surface area contributed by atoms with Crippen LogP contribution in [0.3, 0.4) is 0 Å². The first-order chi connectivity index (χ1) is 27.7. The van der Waals surface area contributed by atoms with E-state index in [0.717, 1.165) is 93.1 Å². The Morgan fingerprint density at radius 2 is 1.00 bits per heavy atom. The van der Waals surface area contributed by atoms with Crippen LogP contribution in [0.25, 0.3) is 116 Å². The van der Waals surface area contributed by atoms with E-state index in [9.17, 15) is 0 Å². The highest BCUT2D eigenvalue weighted by Crippen LogP contribution is 2.44. The monoisotopic (exact) mass is 714 g/mol. The minimum absolute atomic E-state index is 0.594. The van der Waals surface area contributed by atoms with Crippen LogP contribution in [-0.4, -0.2) is 19.5 Å². The Kier molecular flexibility index (Phi) is 6.56. The predicted molar refractivity (Wildman–Crippen MR) is 230 cm³/mol. The number of furan rings is 1. The van der Waals surface area contributed by atoms with Crippen LogP contribution in [-0.2, 0) is 0 Å². The van der Waals surface area contributed by atoms with Crippen molar-refractivity contribution in [2.75, 3.05) is 0 Å². The van der Waals surface area contributed by atoms with Gasteiger partial charge in [0.05, 0.1) is 11.0 Å². The second kappa shape index (κ2) is 11.9. The van der Waals surface area contributed by atoms with Crippen LogP contribution in [0.1, 0.15) is 0 Å². The summed E-state index contributed by atoms with van der Waals surface area (Å²) in [5, 5.41) is 11.1. The first-order valence-electron chi connectivity index (χ1n) is 18.9. The van der Waals surface area contributed by atoms with Gasteiger partial charge in [-0.1, -0.05) is 127 Å². The number of rotatable bonds is 4. The summed E-state index contributed by atoms with van der Waals surface area (Å²) < 4.78 is 9.25. The van der Waals surface area contributed by atoms with Crippen molar-refractivity contribution in [1.82, 2.24) is 19.5 Å². The fourth-order valence-electron chi connectivity index (χ4n) is 8.60. The molecule has 0 aliphatic rings. The van der Waals surface area contributed by atoms with Crippen LogP contribution in [0.5, 0.6) is 0 Å². The maximum Gasteiger partial charge on any atom is 0.164 e. The van der Waals surface area contributed by atoms with Crippen molar-refractivity contribution in [3.63, 3.8) is 0 Å². The van der Waals surface area contributed by atoms with Crippen molar-refractivity contribution in [3.05, 3.63) is 182 Å². The maximum absolute atomic E-state index is 6.93. The van der Waals surface area contributed by atoms with E-state index in [1.807, 2.05) is 18.2 Å². The molecule has 56 heavy (non-hydrogen) atoms. The molecule has 260 valence electrons. The normalized spacial score (nSPS) is 11.9. The highest BCUT2D eigenvalue weighted by atomic mass is 16.3. The smallest absolute Gasteiger partial charge is 0.164 e. The molecule has 9 aromatic carbocycles. The van der Waals surface area contributed by atoms with Crippen molar-refractivity contribution in [2.24, 2.45) is 0 Å². The van der Waals surface area contributed by atoms with Crippen LogP contribution in [0.2, 0.25) is 0 Å². The predicted octanol–water partition coefficient (Wildman–Crippen LogP) is 13.3. The molecule has 0 fully saturated rings. The van der Waals surface area contributed by atoms with Gasteiger partial charge in [-0.05, 0) is 81.5 Å². The molecule has 5 nitrogen and oxygen atoms in total. The van der Waals surface area contributed by atoms with Gasteiger partial charge in [0.1, 0.15) is 11.2 Å². The van der Waals surface area contributed by atoms with Crippen molar-refractivity contribution < 1.29 is 4.42 Å². The summed E-state index contributed by atoms with van der Waals surface area (Å²) in [7, 11) is 0. The first-order valence-corrected chi connectivity index (χ1v) is 18.9. The molecule has 0 atom stereocenters. The average molecular weight is 715 g/mol. The topological polar surface area (TPSA) is 56.7 Å². The van der Waals surface area contributed by atoms with Gasteiger partial charge in [-0.15, -0.1) is 0 Å². The fraction of sp³-hybridized carbons (Fsp3) is 0. The molecule has 0 saturated carbocycles. The van der Waals surface area contributed by atoms with Gasteiger partial charge in [0.25, 0.3) is 0 Å². The quantitative estimate of drug-likeness (QED) is 0.170. The Labute approximate surface area is 320 Å². The minimum Gasteiger partial charge on any atom is -0.455 e. The van der Waals surface area contributed by atoms with Gasteiger partial charge in [-0.25, -0.2) is 15.0 Å². The van der Waals surface area contributed by atoms with Gasteiger partial charge in [0, 0.05) is 49.3 Å². The second-order valence-corrected chi connectivity index (χ2v) is 14.4. The summed E-state index contributed by atoms with van der Waals surface area (Å²) in [6.07, 6.45) is 0. The summed E-state index contributed by atoms with van der Waals surface area (Å²) in [6.45, 7) is 0. The van der Waals surface area contributed by atoms with E-state index in [4.69, 9.17) is 19.4 Å². The lowest BCUT2D eigenvalue weighted by Gasteiger charge is -2.12. The zero-order valence-corrected chi connectivity index (χ0v) is 30.0. The van der Waals surface area contributed by atoms with Crippen LogP contribution in [0, 0.1) is 0 Å². The number of nitrogens with zero attached hydrogens (tertiary/aromatic N) is 4. The molecular weight excluding hydrogens is 685 g/mol. The molecule has 3 heterocycles. The summed E-state index contributed by atoms with van der Waals surface area (Å²) >= 11 is 0. The summed E-state index contributed by atoms with van der Waals surface area (Å²) in [5.74, 6) is 1.82. The fourth-order valence-corrected chi connectivity index (χ4v) is 8.60. The standard InChI is InChI=1S/C51H30N4O/c1-3-14-32(15-4-1)49-52-50(36-25-26-44-40(29-36)39-21-11-12-22-43(39)55(44)37-18-5-2-6-19-37)54-51(53-49)42-28-35-24-23-31-13-9-10-20-38(31)46(35)48-47(42)41-27-33-16-7-8-17-34(33)30-45(41)56-48/h1-30H. The lowest BCUT2D eigenvalue weighted by atomic mass is 9.95. The minimum atomic E-state index is 0.594. The summed E-state index contributed by atoms with van der Waals surface area (Å²) in [5.41, 5.74) is 7.80. The lowest BCUT2D eigenvalue weighted by Crippen LogP contribution is -2.01. The highest BCUT2D eigenvalue weighted by Gasteiger charge is 2.22. The zero-order valence-electron chi connectivity index (χ0n) is 30.0. The molecule has 0 saturated heterocycles. The van der Waals surface area contributed by atoms with Gasteiger partial charge < -0.3 is 8.98 Å². The SMILES string of the molecule is c1ccc(-c2nc(-c3ccc4c(c3)c3ccccc3n4-c3ccccc3)nc(-c3cc4ccc5ccccc5c4c4oc5cc6ccccc6cc5c34)n2)cc1. The number of fused-ring (bicyclic) bond motifs is 11. The van der Waals surface area contributed by atoms with Crippen LogP contribution in [0.4, 0.5) is 0 Å². The lowest BCUT2D eigenvalue weighted by molar-refractivity contribution is 0.673. The van der Waals surface area contributed by atoms with Crippen LogP contribution < -0.4 is 0 Å². The number of aromatic nitrogens is 4. The number of hydrogen-bond donors (Lipinski definition) is 0. The van der Waals surface area contributed by atoms with E-state index >= 15 is 0 Å². The van der Waals surface area contributed by atoms with Crippen LogP contribution >= 0.6 is 0 Å². The molecule has 12 rings (SSSR count). The third-order valence-electron chi connectivity index (χ3n) is 11.2. The third kappa shape index (κ3) is 4.64. The Hall–Kier alpha value is -7.63. The van der Waals surface area contributed by atoms with E-state index in [2.05, 4.69) is 168 Å². The highest BCUT2D eigenvalue weighted by molar-refractivity contribution is 6.27. The molecule has 5 heteroatoms. The van der Waals surface area contributed by atoms with Crippen LogP contribution in [0.15, 0.2) is 186 Å². The van der Waals surface area contributed by atoms with E-state index < -0.39 is 0 Å². The number of hydrogen-bond acceptors (Lipinski definition) is 4. The summed E-state index contributed by atoms with van der Waals surface area (Å²) in [4.78, 5) is 15.8. The number of benzene rings is 9. The summed E-state index contributed by atoms with van der Waals surface area (Å²) in [6, 6.07) is 63.8. The molecule has 0 bridgehead atoms. The number of para-hydroxylation sites is 2. The molecule has 12 aromatic rings. The van der Waals surface area contributed by atoms with Crippen molar-refractivity contribution in [3.8, 4) is 39.9 Å². The Morgan fingerprint density at radius 3 is 1.82 bits per heavy atom. The third-order valence-corrected chi connectivity index (χ3v) is 11.2. The van der Waals surface area contributed by atoms with Gasteiger partial charge in [-0.3, -0.25) is 0 Å². The second-order valence-electron chi connectivity index (χ2n) is 14.4. The van der Waals surface area contributed by atoms with Gasteiger partial charge in [0.2, 0.25) is 0 Å². The molecule has 3 aromatic heterocycles. The molecule has 0 spiro atoms. The van der Waals surface area contributed by atoms with Gasteiger partial charge in [0.15, 0.2) is 17.5 Å². The molecule has 0 aliphatic carbocycles. The zero-order chi connectivity index (χ0) is 36.7. The van der Waals surface area contributed by atoms with E-state index in [0.29, 0.717) is 17.5 Å². The Bertz CT molecular complexity index is 3530. The van der Waals surface area contributed by atoms with Crippen molar-refractivity contribution >= 4 is 76.1 Å². The molecule has 0 unspecified atom stereocenters. The average Bonchev–Trinajstić information content (AvgIpc) is 3.81. The molecule has 0 radical (unpaired) electrons. The Balaban J connectivity index is 1.16. The first kappa shape index (κ1) is 30.8. The van der Waals surface area contributed by atoms with Gasteiger partial charge >= 0.3 is 0 Å². The maximum atomic E-state index is 6.93. The van der Waals surface area contributed by atoms with E-state index in [-0.39, 0.29) is 0 Å². The van der Waals surface area contributed by atoms with Gasteiger partial charge in [-0.2, -0.15) is 0 Å². The Morgan fingerprint density at radius 1 is 0.375 bits per heavy atom.